The van der Waals surface area contributed by atoms with Crippen LogP contribution in [0.5, 0.6) is 5.75 Å². The molecule has 1 aliphatic heterocycles. The Morgan fingerprint density at radius 1 is 1.17 bits per heavy atom. The summed E-state index contributed by atoms with van der Waals surface area (Å²) >= 11 is 0. The number of piperidine rings is 1. The van der Waals surface area contributed by atoms with E-state index in [-0.39, 0.29) is 0 Å². The molecule has 2 bridgehead atoms. The van der Waals surface area contributed by atoms with Crippen molar-refractivity contribution in [2.75, 3.05) is 20.2 Å². The number of likely N-dealkylation sites (tertiary alicyclic amines) is 1. The summed E-state index contributed by atoms with van der Waals surface area (Å²) in [4.78, 5) is 2.89. The van der Waals surface area contributed by atoms with Crippen LogP contribution in [0, 0.1) is 11.8 Å². The highest BCUT2D eigenvalue weighted by Crippen LogP contribution is 2.56. The first kappa shape index (κ1) is 14.3. The van der Waals surface area contributed by atoms with Crippen molar-refractivity contribution in [2.45, 2.75) is 62.8 Å². The lowest BCUT2D eigenvalue weighted by Gasteiger charge is -2.59. The topological polar surface area (TPSA) is 12.5 Å². The SMILES string of the molecule is COc1ccc2c(c1)[C@]13CCCCC1[C@@H](C2)N(CC1CC1)CC3. The van der Waals surface area contributed by atoms with E-state index in [1.54, 1.807) is 11.1 Å². The van der Waals surface area contributed by atoms with Crippen LogP contribution in [-0.4, -0.2) is 31.1 Å². The summed E-state index contributed by atoms with van der Waals surface area (Å²) in [5.41, 5.74) is 3.74. The van der Waals surface area contributed by atoms with Crippen LogP contribution in [0.1, 0.15) is 56.1 Å². The van der Waals surface area contributed by atoms with Gasteiger partial charge in [0.2, 0.25) is 0 Å². The number of fused-ring (bicyclic) bond motifs is 1. The van der Waals surface area contributed by atoms with Crippen LogP contribution in [0.2, 0.25) is 0 Å². The number of methoxy groups -OCH3 is 1. The molecule has 0 amide bonds. The molecule has 3 atom stereocenters. The molecule has 3 aliphatic carbocycles. The monoisotopic (exact) mass is 311 g/mol. The second kappa shape index (κ2) is 5.24. The quantitative estimate of drug-likeness (QED) is 0.831. The predicted molar refractivity (Wildman–Crippen MR) is 93.0 cm³/mol. The average molecular weight is 311 g/mol. The third-order valence-corrected chi connectivity index (χ3v) is 7.35. The van der Waals surface area contributed by atoms with Crippen molar-refractivity contribution in [3.8, 4) is 5.75 Å². The molecule has 3 fully saturated rings. The van der Waals surface area contributed by atoms with Gasteiger partial charge in [0.05, 0.1) is 7.11 Å². The van der Waals surface area contributed by atoms with Crippen LogP contribution in [0.25, 0.3) is 0 Å². The normalized spacial score (nSPS) is 36.2. The van der Waals surface area contributed by atoms with Gasteiger partial charge in [-0.05, 0) is 80.2 Å². The number of rotatable bonds is 3. The lowest BCUT2D eigenvalue weighted by Crippen LogP contribution is -2.61. The molecule has 0 radical (unpaired) electrons. The zero-order chi connectivity index (χ0) is 15.4. The molecule has 2 nitrogen and oxygen atoms in total. The minimum Gasteiger partial charge on any atom is -0.497 e. The number of nitrogens with zero attached hydrogens (tertiary/aromatic N) is 1. The molecule has 2 heteroatoms. The molecule has 0 N–H and O–H groups in total. The Morgan fingerprint density at radius 3 is 2.91 bits per heavy atom. The van der Waals surface area contributed by atoms with E-state index < -0.39 is 0 Å². The van der Waals surface area contributed by atoms with Crippen LogP contribution < -0.4 is 4.74 Å². The van der Waals surface area contributed by atoms with Crippen LogP contribution >= 0.6 is 0 Å². The second-order valence-electron chi connectivity index (χ2n) is 8.49. The average Bonchev–Trinajstić information content (AvgIpc) is 3.41. The molecule has 23 heavy (non-hydrogen) atoms. The van der Waals surface area contributed by atoms with Gasteiger partial charge in [-0.15, -0.1) is 0 Å². The van der Waals surface area contributed by atoms with Gasteiger partial charge in [0, 0.05) is 18.0 Å². The van der Waals surface area contributed by atoms with Crippen molar-refractivity contribution in [3.63, 3.8) is 0 Å². The molecule has 2 saturated carbocycles. The number of ether oxygens (including phenoxy) is 1. The molecule has 1 aromatic rings. The highest BCUT2D eigenvalue weighted by molar-refractivity contribution is 5.45. The molecule has 1 saturated heterocycles. The molecule has 1 aromatic carbocycles. The molecule has 1 unspecified atom stereocenters. The zero-order valence-electron chi connectivity index (χ0n) is 14.4. The number of hydrogen-bond acceptors (Lipinski definition) is 2. The largest absolute Gasteiger partial charge is 0.497 e. The van der Waals surface area contributed by atoms with Gasteiger partial charge >= 0.3 is 0 Å². The van der Waals surface area contributed by atoms with E-state index in [1.807, 2.05) is 7.11 Å². The van der Waals surface area contributed by atoms with Crippen molar-refractivity contribution >= 4 is 0 Å². The maximum absolute atomic E-state index is 5.57. The zero-order valence-corrected chi connectivity index (χ0v) is 14.4. The minimum absolute atomic E-state index is 0.463. The van der Waals surface area contributed by atoms with E-state index in [2.05, 4.69) is 23.1 Å². The van der Waals surface area contributed by atoms with Gasteiger partial charge in [-0.3, -0.25) is 4.90 Å². The van der Waals surface area contributed by atoms with E-state index >= 15 is 0 Å². The number of hydrogen-bond donors (Lipinski definition) is 0. The Labute approximate surface area is 140 Å². The van der Waals surface area contributed by atoms with Gasteiger partial charge in [0.1, 0.15) is 5.75 Å². The molecular weight excluding hydrogens is 282 g/mol. The van der Waals surface area contributed by atoms with Gasteiger partial charge in [-0.25, -0.2) is 0 Å². The van der Waals surface area contributed by atoms with E-state index in [0.29, 0.717) is 5.41 Å². The lowest BCUT2D eigenvalue weighted by molar-refractivity contribution is -0.0134. The summed E-state index contributed by atoms with van der Waals surface area (Å²) < 4.78 is 5.57. The van der Waals surface area contributed by atoms with Gasteiger partial charge in [-0.1, -0.05) is 18.9 Å². The lowest BCUT2D eigenvalue weighted by atomic mass is 9.52. The van der Waals surface area contributed by atoms with Crippen molar-refractivity contribution < 1.29 is 4.74 Å². The van der Waals surface area contributed by atoms with Gasteiger partial charge in [0.25, 0.3) is 0 Å². The van der Waals surface area contributed by atoms with E-state index in [4.69, 9.17) is 4.74 Å². The molecule has 124 valence electrons. The van der Waals surface area contributed by atoms with E-state index in [0.717, 1.165) is 23.6 Å². The summed E-state index contributed by atoms with van der Waals surface area (Å²) in [7, 11) is 1.81. The third kappa shape index (κ3) is 2.17. The molecule has 1 heterocycles. The predicted octanol–water partition coefficient (Wildman–Crippen LogP) is 4.16. The van der Waals surface area contributed by atoms with Crippen LogP contribution in [0.15, 0.2) is 18.2 Å². The first-order chi connectivity index (χ1) is 11.3. The van der Waals surface area contributed by atoms with Crippen molar-refractivity contribution in [3.05, 3.63) is 29.3 Å². The first-order valence-corrected chi connectivity index (χ1v) is 9.71. The van der Waals surface area contributed by atoms with Gasteiger partial charge in [-0.2, -0.15) is 0 Å². The molecule has 5 rings (SSSR count). The minimum atomic E-state index is 0.463. The Bertz CT molecular complexity index is 608. The second-order valence-corrected chi connectivity index (χ2v) is 8.49. The van der Waals surface area contributed by atoms with E-state index in [1.165, 1.54) is 64.5 Å². The molecule has 4 aliphatic rings. The summed E-state index contributed by atoms with van der Waals surface area (Å²) in [5.74, 6) is 2.97. The summed E-state index contributed by atoms with van der Waals surface area (Å²) in [5, 5.41) is 0. The fourth-order valence-corrected chi connectivity index (χ4v) is 6.05. The molecular formula is C21H29NO. The van der Waals surface area contributed by atoms with Gasteiger partial charge in [0.15, 0.2) is 0 Å². The van der Waals surface area contributed by atoms with Crippen LogP contribution in [0.4, 0.5) is 0 Å². The van der Waals surface area contributed by atoms with Crippen molar-refractivity contribution in [2.24, 2.45) is 11.8 Å². The standard InChI is InChI=1S/C21H29NO/c1-23-17-8-7-16-12-20-18-4-2-3-9-21(18,19(16)13-17)10-11-22(20)14-15-5-6-15/h7-8,13,15,18,20H,2-6,9-12,14H2,1H3/t18?,20-,21+/m1/s1. The molecule has 0 aromatic heterocycles. The Hall–Kier alpha value is -1.02. The van der Waals surface area contributed by atoms with Crippen molar-refractivity contribution in [1.82, 2.24) is 4.90 Å². The Balaban J connectivity index is 1.57. The highest BCUT2D eigenvalue weighted by atomic mass is 16.5. The summed E-state index contributed by atoms with van der Waals surface area (Å²) in [6.45, 7) is 2.71. The fraction of sp³-hybridized carbons (Fsp3) is 0.714. The highest BCUT2D eigenvalue weighted by Gasteiger charge is 2.54. The Morgan fingerprint density at radius 2 is 2.09 bits per heavy atom. The van der Waals surface area contributed by atoms with E-state index in [9.17, 15) is 0 Å². The third-order valence-electron chi connectivity index (χ3n) is 7.35. The summed E-state index contributed by atoms with van der Waals surface area (Å²) in [6, 6.07) is 7.75. The molecule has 0 spiro atoms. The summed E-state index contributed by atoms with van der Waals surface area (Å²) in [6.07, 6.45) is 11.3. The smallest absolute Gasteiger partial charge is 0.119 e. The number of benzene rings is 1. The van der Waals surface area contributed by atoms with Crippen LogP contribution in [-0.2, 0) is 11.8 Å². The Kier molecular flexibility index (Phi) is 3.27. The maximum Gasteiger partial charge on any atom is 0.119 e. The fourth-order valence-electron chi connectivity index (χ4n) is 6.05. The van der Waals surface area contributed by atoms with Crippen molar-refractivity contribution in [1.29, 1.82) is 0 Å². The van der Waals surface area contributed by atoms with Gasteiger partial charge < -0.3 is 4.74 Å². The first-order valence-electron chi connectivity index (χ1n) is 9.71. The maximum atomic E-state index is 5.57. The van der Waals surface area contributed by atoms with Crippen LogP contribution in [0.3, 0.4) is 0 Å².